The Morgan fingerprint density at radius 1 is 0.857 bits per heavy atom. The molecule has 3 aromatic carbocycles. The zero-order valence-corrected chi connectivity index (χ0v) is 21.2. The van der Waals surface area contributed by atoms with Gasteiger partial charge in [0.25, 0.3) is 0 Å². The molecule has 1 atom stereocenters. The largest absolute Gasteiger partial charge is 0.354 e. The molecule has 0 aliphatic carbocycles. The molecule has 0 radical (unpaired) electrons. The number of amides is 2. The third-order valence-corrected chi connectivity index (χ3v) is 6.43. The Morgan fingerprint density at radius 2 is 1.49 bits per heavy atom. The minimum atomic E-state index is -0.507. The maximum absolute atomic E-state index is 14.0. The third-order valence-electron chi connectivity index (χ3n) is 6.43. The fraction of sp³-hybridized carbons (Fsp3) is 0.355. The van der Waals surface area contributed by atoms with Gasteiger partial charge in [-0.1, -0.05) is 111 Å². The average molecular weight is 471 g/mol. The number of hydrogen-bond donors (Lipinski definition) is 1. The van der Waals surface area contributed by atoms with Crippen LogP contribution >= 0.6 is 0 Å². The van der Waals surface area contributed by atoms with Gasteiger partial charge in [-0.3, -0.25) is 9.59 Å². The summed E-state index contributed by atoms with van der Waals surface area (Å²) in [7, 11) is 0. The van der Waals surface area contributed by atoms with E-state index in [-0.39, 0.29) is 17.7 Å². The van der Waals surface area contributed by atoms with Crippen LogP contribution in [0.2, 0.25) is 0 Å². The number of carbonyl (C=O) groups excluding carboxylic acids is 2. The lowest BCUT2D eigenvalue weighted by molar-refractivity contribution is -0.141. The van der Waals surface area contributed by atoms with Crippen LogP contribution in [0.15, 0.2) is 84.9 Å². The Labute approximate surface area is 210 Å². The normalized spacial score (nSPS) is 11.8. The van der Waals surface area contributed by atoms with Gasteiger partial charge in [0.05, 0.1) is 0 Å². The summed E-state index contributed by atoms with van der Waals surface area (Å²) in [5.41, 5.74) is 4.38. The number of benzene rings is 3. The summed E-state index contributed by atoms with van der Waals surface area (Å²) in [6.07, 6.45) is 2.81. The predicted molar refractivity (Wildman–Crippen MR) is 143 cm³/mol. The fourth-order valence-electron chi connectivity index (χ4n) is 4.52. The van der Waals surface area contributed by atoms with Crippen molar-refractivity contribution in [1.29, 1.82) is 0 Å². The van der Waals surface area contributed by atoms with E-state index in [1.54, 1.807) is 4.90 Å². The van der Waals surface area contributed by atoms with Crippen LogP contribution in [0, 0.1) is 6.92 Å². The summed E-state index contributed by atoms with van der Waals surface area (Å²) in [4.78, 5) is 28.9. The molecule has 0 bridgehead atoms. The van der Waals surface area contributed by atoms with Gasteiger partial charge in [-0.25, -0.2) is 0 Å². The molecule has 0 spiro atoms. The highest BCUT2D eigenvalue weighted by Gasteiger charge is 2.30. The van der Waals surface area contributed by atoms with Gasteiger partial charge >= 0.3 is 0 Å². The summed E-state index contributed by atoms with van der Waals surface area (Å²) in [6, 6.07) is 28.0. The number of nitrogens with one attached hydrogen (secondary N) is 1. The van der Waals surface area contributed by atoms with E-state index in [1.165, 1.54) is 0 Å². The van der Waals surface area contributed by atoms with Crippen LogP contribution in [0.4, 0.5) is 0 Å². The van der Waals surface area contributed by atoms with Gasteiger partial charge < -0.3 is 10.2 Å². The van der Waals surface area contributed by atoms with Crippen LogP contribution in [0.1, 0.15) is 67.7 Å². The zero-order valence-electron chi connectivity index (χ0n) is 21.2. The molecule has 2 amide bonds. The van der Waals surface area contributed by atoms with Crippen molar-refractivity contribution in [2.75, 3.05) is 6.54 Å². The van der Waals surface area contributed by atoms with Crippen molar-refractivity contribution in [2.45, 2.75) is 65.0 Å². The number of aryl methyl sites for hydroxylation is 1. The van der Waals surface area contributed by atoms with E-state index in [0.29, 0.717) is 25.9 Å². The van der Waals surface area contributed by atoms with E-state index in [0.717, 1.165) is 35.1 Å². The van der Waals surface area contributed by atoms with Crippen LogP contribution < -0.4 is 5.32 Å². The number of unbranched alkanes of at least 4 members (excludes halogenated alkanes) is 1. The monoisotopic (exact) mass is 470 g/mol. The Hall–Kier alpha value is -3.40. The van der Waals surface area contributed by atoms with Crippen LogP contribution in [-0.4, -0.2) is 29.3 Å². The van der Waals surface area contributed by atoms with Gasteiger partial charge in [-0.2, -0.15) is 0 Å². The minimum absolute atomic E-state index is 0.0123. The average Bonchev–Trinajstić information content (AvgIpc) is 2.88. The number of carbonyl (C=O) groups is 2. The van der Waals surface area contributed by atoms with Gasteiger partial charge in [0.2, 0.25) is 11.8 Å². The third kappa shape index (κ3) is 7.54. The first-order chi connectivity index (χ1) is 17.0. The van der Waals surface area contributed by atoms with Crippen molar-refractivity contribution < 1.29 is 9.59 Å². The van der Waals surface area contributed by atoms with Crippen molar-refractivity contribution in [1.82, 2.24) is 10.2 Å². The fourth-order valence-corrected chi connectivity index (χ4v) is 4.52. The Morgan fingerprint density at radius 3 is 2.03 bits per heavy atom. The van der Waals surface area contributed by atoms with Gasteiger partial charge in [-0.15, -0.1) is 0 Å². The molecular formula is C31H38N2O2. The summed E-state index contributed by atoms with van der Waals surface area (Å²) < 4.78 is 0. The Balaban J connectivity index is 1.92. The van der Waals surface area contributed by atoms with E-state index in [4.69, 9.17) is 0 Å². The van der Waals surface area contributed by atoms with Gasteiger partial charge in [-0.05, 0) is 36.5 Å². The molecule has 4 heteroatoms. The Bertz CT molecular complexity index is 1030. The number of rotatable bonds is 12. The molecule has 184 valence electrons. The SMILES string of the molecule is CCCCNC(=O)[C@H](CC)N(Cc1cccc(C)c1)C(=O)CC(c1ccccc1)c1ccccc1. The standard InChI is InChI=1S/C31H38N2O2/c1-4-6-20-32-31(35)29(5-2)33(23-25-15-13-14-24(3)21-25)30(34)22-28(26-16-9-7-10-17-26)27-18-11-8-12-19-27/h7-19,21,28-29H,4-6,20,22-23H2,1-3H3,(H,32,35)/t29-/m0/s1. The molecule has 3 rings (SSSR count). The molecule has 3 aromatic rings. The molecule has 4 nitrogen and oxygen atoms in total. The van der Waals surface area contributed by atoms with Crippen LogP contribution in [-0.2, 0) is 16.1 Å². The van der Waals surface area contributed by atoms with E-state index in [2.05, 4.69) is 42.6 Å². The van der Waals surface area contributed by atoms with Crippen molar-refractivity contribution in [2.24, 2.45) is 0 Å². The van der Waals surface area contributed by atoms with E-state index >= 15 is 0 Å². The van der Waals surface area contributed by atoms with Crippen LogP contribution in [0.25, 0.3) is 0 Å². The summed E-state index contributed by atoms with van der Waals surface area (Å²) in [5.74, 6) is -0.162. The number of hydrogen-bond acceptors (Lipinski definition) is 2. The summed E-state index contributed by atoms with van der Waals surface area (Å²) in [5, 5.41) is 3.05. The lowest BCUT2D eigenvalue weighted by atomic mass is 9.88. The second-order valence-electron chi connectivity index (χ2n) is 9.16. The second-order valence-corrected chi connectivity index (χ2v) is 9.16. The summed E-state index contributed by atoms with van der Waals surface area (Å²) >= 11 is 0. The number of nitrogens with zero attached hydrogens (tertiary/aromatic N) is 1. The highest BCUT2D eigenvalue weighted by molar-refractivity contribution is 5.88. The minimum Gasteiger partial charge on any atom is -0.354 e. The second kappa shape index (κ2) is 13.5. The molecule has 0 aliphatic rings. The molecule has 35 heavy (non-hydrogen) atoms. The molecule has 0 fully saturated rings. The van der Waals surface area contributed by atoms with Gasteiger partial charge in [0.1, 0.15) is 6.04 Å². The first-order valence-corrected chi connectivity index (χ1v) is 12.8. The smallest absolute Gasteiger partial charge is 0.242 e. The molecular weight excluding hydrogens is 432 g/mol. The first-order valence-electron chi connectivity index (χ1n) is 12.8. The van der Waals surface area contributed by atoms with Gasteiger partial charge in [0, 0.05) is 25.4 Å². The maximum atomic E-state index is 14.0. The first kappa shape index (κ1) is 26.2. The Kier molecular flexibility index (Phi) is 10.1. The molecule has 0 heterocycles. The highest BCUT2D eigenvalue weighted by atomic mass is 16.2. The molecule has 0 saturated carbocycles. The molecule has 0 saturated heterocycles. The lowest BCUT2D eigenvalue weighted by Gasteiger charge is -2.32. The van der Waals surface area contributed by atoms with Crippen molar-refractivity contribution >= 4 is 11.8 Å². The van der Waals surface area contributed by atoms with Crippen LogP contribution in [0.5, 0.6) is 0 Å². The quantitative estimate of drug-likeness (QED) is 0.319. The molecule has 0 unspecified atom stereocenters. The topological polar surface area (TPSA) is 49.4 Å². The lowest BCUT2D eigenvalue weighted by Crippen LogP contribution is -2.49. The molecule has 0 aromatic heterocycles. The van der Waals surface area contributed by atoms with E-state index < -0.39 is 6.04 Å². The van der Waals surface area contributed by atoms with Gasteiger partial charge in [0.15, 0.2) is 0 Å². The zero-order chi connectivity index (χ0) is 25.0. The van der Waals surface area contributed by atoms with Crippen molar-refractivity contribution in [3.63, 3.8) is 0 Å². The maximum Gasteiger partial charge on any atom is 0.242 e. The molecule has 0 aliphatic heterocycles. The summed E-state index contributed by atoms with van der Waals surface area (Å²) in [6.45, 7) is 7.17. The predicted octanol–water partition coefficient (Wildman–Crippen LogP) is 6.24. The van der Waals surface area contributed by atoms with Crippen molar-refractivity contribution in [3.8, 4) is 0 Å². The molecule has 1 N–H and O–H groups in total. The van der Waals surface area contributed by atoms with E-state index in [1.807, 2.05) is 68.4 Å². The van der Waals surface area contributed by atoms with Crippen LogP contribution in [0.3, 0.4) is 0 Å². The highest BCUT2D eigenvalue weighted by Crippen LogP contribution is 2.29. The van der Waals surface area contributed by atoms with E-state index in [9.17, 15) is 9.59 Å². The van der Waals surface area contributed by atoms with Crippen molar-refractivity contribution in [3.05, 3.63) is 107 Å².